The van der Waals surface area contributed by atoms with Gasteiger partial charge >= 0.3 is 6.09 Å². The molecular formula is C18H24N2O3. The maximum Gasteiger partial charge on any atom is 0.408 e. The molecule has 0 unspecified atom stereocenters. The van der Waals surface area contributed by atoms with Crippen molar-refractivity contribution in [3.63, 3.8) is 0 Å². The fourth-order valence-corrected chi connectivity index (χ4v) is 2.68. The van der Waals surface area contributed by atoms with Gasteiger partial charge in [-0.05, 0) is 45.1 Å². The second kappa shape index (κ2) is 7.01. The van der Waals surface area contributed by atoms with Crippen molar-refractivity contribution in [2.24, 2.45) is 5.92 Å². The Kier molecular flexibility index (Phi) is 5.27. The van der Waals surface area contributed by atoms with Gasteiger partial charge in [0.1, 0.15) is 11.1 Å². The van der Waals surface area contributed by atoms with E-state index in [1.807, 2.05) is 30.3 Å². The van der Waals surface area contributed by atoms with E-state index in [-0.39, 0.29) is 5.92 Å². The first-order valence-corrected chi connectivity index (χ1v) is 7.86. The zero-order chi connectivity index (χ0) is 16.9. The van der Waals surface area contributed by atoms with Crippen molar-refractivity contribution >= 4 is 6.09 Å². The maximum atomic E-state index is 11.8. The van der Waals surface area contributed by atoms with E-state index >= 15 is 0 Å². The van der Waals surface area contributed by atoms with Crippen molar-refractivity contribution in [2.45, 2.75) is 51.4 Å². The van der Waals surface area contributed by atoms with Gasteiger partial charge in [0.05, 0.1) is 19.3 Å². The molecular weight excluding hydrogens is 292 g/mol. The molecule has 0 aliphatic heterocycles. The Balaban J connectivity index is 1.72. The molecule has 2 rings (SSSR count). The molecule has 0 spiro atoms. The minimum Gasteiger partial charge on any atom is -0.444 e. The van der Waals surface area contributed by atoms with Crippen LogP contribution in [-0.2, 0) is 16.1 Å². The summed E-state index contributed by atoms with van der Waals surface area (Å²) >= 11 is 0. The molecule has 23 heavy (non-hydrogen) atoms. The summed E-state index contributed by atoms with van der Waals surface area (Å²) in [6.45, 7) is 6.55. The summed E-state index contributed by atoms with van der Waals surface area (Å²) in [4.78, 5) is 11.8. The summed E-state index contributed by atoms with van der Waals surface area (Å²) in [5.41, 5.74) is -0.253. The summed E-state index contributed by atoms with van der Waals surface area (Å²) in [7, 11) is 0. The molecule has 5 heteroatoms. The van der Waals surface area contributed by atoms with E-state index in [1.165, 1.54) is 0 Å². The highest BCUT2D eigenvalue weighted by Gasteiger charge is 2.46. The number of nitriles is 1. The van der Waals surface area contributed by atoms with Crippen molar-refractivity contribution < 1.29 is 14.3 Å². The standard InChI is InChI=1S/C18H24N2O3/c1-17(2,3)23-16(21)20-18(13-19)9-15(10-18)12-22-11-14-7-5-4-6-8-14/h4-8,15H,9-12H2,1-3H3,(H,20,21). The van der Waals surface area contributed by atoms with E-state index < -0.39 is 17.2 Å². The summed E-state index contributed by atoms with van der Waals surface area (Å²) in [5.74, 6) is 0.285. The van der Waals surface area contributed by atoms with Gasteiger partial charge in [0.15, 0.2) is 0 Å². The van der Waals surface area contributed by atoms with Crippen molar-refractivity contribution in [3.05, 3.63) is 35.9 Å². The van der Waals surface area contributed by atoms with Crippen LogP contribution in [0.15, 0.2) is 30.3 Å². The first-order chi connectivity index (χ1) is 10.8. The lowest BCUT2D eigenvalue weighted by molar-refractivity contribution is 0.0131. The van der Waals surface area contributed by atoms with Gasteiger partial charge in [-0.2, -0.15) is 5.26 Å². The molecule has 1 aromatic rings. The molecule has 1 N–H and O–H groups in total. The molecule has 0 aromatic heterocycles. The van der Waals surface area contributed by atoms with Crippen LogP contribution in [0.4, 0.5) is 4.79 Å². The number of rotatable bonds is 5. The predicted molar refractivity (Wildman–Crippen MR) is 86.5 cm³/mol. The van der Waals surface area contributed by atoms with E-state index in [0.29, 0.717) is 26.1 Å². The Labute approximate surface area is 137 Å². The van der Waals surface area contributed by atoms with Crippen molar-refractivity contribution in [3.8, 4) is 6.07 Å². The second-order valence-corrected chi connectivity index (χ2v) is 7.10. The van der Waals surface area contributed by atoms with Crippen LogP contribution in [0.1, 0.15) is 39.2 Å². The second-order valence-electron chi connectivity index (χ2n) is 7.10. The van der Waals surface area contributed by atoms with Gasteiger partial charge < -0.3 is 14.8 Å². The highest BCUT2D eigenvalue weighted by atomic mass is 16.6. The topological polar surface area (TPSA) is 71.3 Å². The summed E-state index contributed by atoms with van der Waals surface area (Å²) < 4.78 is 10.9. The van der Waals surface area contributed by atoms with Crippen LogP contribution < -0.4 is 5.32 Å². The van der Waals surface area contributed by atoms with E-state index in [4.69, 9.17) is 9.47 Å². The number of ether oxygens (including phenoxy) is 2. The number of benzene rings is 1. The Morgan fingerprint density at radius 1 is 1.35 bits per heavy atom. The Hall–Kier alpha value is -2.06. The number of amides is 1. The summed E-state index contributed by atoms with van der Waals surface area (Å²) in [5, 5.41) is 12.0. The molecule has 1 aliphatic carbocycles. The molecule has 124 valence electrons. The first-order valence-electron chi connectivity index (χ1n) is 7.86. The molecule has 1 amide bonds. The van der Waals surface area contributed by atoms with Gasteiger partial charge in [-0.3, -0.25) is 0 Å². The van der Waals surface area contributed by atoms with Crippen LogP contribution in [0.5, 0.6) is 0 Å². The van der Waals surface area contributed by atoms with Crippen LogP contribution >= 0.6 is 0 Å². The fourth-order valence-electron chi connectivity index (χ4n) is 2.68. The minimum absolute atomic E-state index is 0.285. The molecule has 5 nitrogen and oxygen atoms in total. The van der Waals surface area contributed by atoms with E-state index in [1.54, 1.807) is 20.8 Å². The summed E-state index contributed by atoms with van der Waals surface area (Å²) in [6.07, 6.45) is 0.650. The Morgan fingerprint density at radius 2 is 2.00 bits per heavy atom. The highest BCUT2D eigenvalue weighted by Crippen LogP contribution is 2.38. The smallest absolute Gasteiger partial charge is 0.408 e. The number of hydrogen-bond acceptors (Lipinski definition) is 4. The Bertz CT molecular complexity index is 566. The molecule has 0 bridgehead atoms. The molecule has 1 saturated carbocycles. The lowest BCUT2D eigenvalue weighted by atomic mass is 9.69. The molecule has 0 atom stereocenters. The number of nitrogens with one attached hydrogen (secondary N) is 1. The molecule has 0 radical (unpaired) electrons. The molecule has 0 saturated heterocycles. The summed E-state index contributed by atoms with van der Waals surface area (Å²) in [6, 6.07) is 12.2. The molecule has 1 aromatic carbocycles. The largest absolute Gasteiger partial charge is 0.444 e. The van der Waals surface area contributed by atoms with E-state index in [9.17, 15) is 10.1 Å². The number of hydrogen-bond donors (Lipinski definition) is 1. The van der Waals surface area contributed by atoms with E-state index in [2.05, 4.69) is 11.4 Å². The fraction of sp³-hybridized carbons (Fsp3) is 0.556. The lowest BCUT2D eigenvalue weighted by Gasteiger charge is -2.42. The quantitative estimate of drug-likeness (QED) is 0.903. The molecule has 1 aliphatic rings. The molecule has 1 fully saturated rings. The Morgan fingerprint density at radius 3 is 2.57 bits per heavy atom. The average molecular weight is 316 g/mol. The van der Waals surface area contributed by atoms with Crippen molar-refractivity contribution in [1.82, 2.24) is 5.32 Å². The lowest BCUT2D eigenvalue weighted by Crippen LogP contribution is -2.58. The maximum absolute atomic E-state index is 11.8. The zero-order valence-corrected chi connectivity index (χ0v) is 14.0. The van der Waals surface area contributed by atoms with Crippen LogP contribution in [0.2, 0.25) is 0 Å². The van der Waals surface area contributed by atoms with Gasteiger partial charge in [0.2, 0.25) is 0 Å². The number of alkyl carbamates (subject to hydrolysis) is 1. The van der Waals surface area contributed by atoms with Crippen LogP contribution in [0, 0.1) is 17.2 Å². The normalized spacial score (nSPS) is 23.5. The first kappa shape index (κ1) is 17.3. The van der Waals surface area contributed by atoms with Crippen LogP contribution in [-0.4, -0.2) is 23.8 Å². The molecule has 0 heterocycles. The number of carbonyl (C=O) groups is 1. The number of nitrogens with zero attached hydrogens (tertiary/aromatic N) is 1. The third-order valence-corrected chi connectivity index (χ3v) is 3.69. The van der Waals surface area contributed by atoms with Crippen molar-refractivity contribution in [1.29, 1.82) is 5.26 Å². The van der Waals surface area contributed by atoms with Crippen molar-refractivity contribution in [2.75, 3.05) is 6.61 Å². The van der Waals surface area contributed by atoms with Crippen LogP contribution in [0.25, 0.3) is 0 Å². The third kappa shape index (κ3) is 5.26. The monoisotopic (exact) mass is 316 g/mol. The third-order valence-electron chi connectivity index (χ3n) is 3.69. The van der Waals surface area contributed by atoms with Gasteiger partial charge in [-0.1, -0.05) is 30.3 Å². The predicted octanol–water partition coefficient (Wildman–Crippen LogP) is 3.40. The van der Waals surface area contributed by atoms with Gasteiger partial charge in [-0.15, -0.1) is 0 Å². The number of carbonyl (C=O) groups excluding carboxylic acids is 1. The van der Waals surface area contributed by atoms with Gasteiger partial charge in [-0.25, -0.2) is 4.79 Å². The van der Waals surface area contributed by atoms with E-state index in [0.717, 1.165) is 5.56 Å². The minimum atomic E-state index is -0.816. The average Bonchev–Trinajstić information content (AvgIpc) is 2.43. The zero-order valence-electron chi connectivity index (χ0n) is 14.0. The SMILES string of the molecule is CC(C)(C)OC(=O)NC1(C#N)CC(COCc2ccccc2)C1. The van der Waals surface area contributed by atoms with Gasteiger partial charge in [0.25, 0.3) is 0 Å². The van der Waals surface area contributed by atoms with Crippen LogP contribution in [0.3, 0.4) is 0 Å². The highest BCUT2D eigenvalue weighted by molar-refractivity contribution is 5.69. The van der Waals surface area contributed by atoms with Gasteiger partial charge in [0, 0.05) is 0 Å².